The van der Waals surface area contributed by atoms with Crippen molar-refractivity contribution in [2.75, 3.05) is 13.2 Å². The van der Waals surface area contributed by atoms with Crippen LogP contribution < -0.4 is 9.47 Å². The van der Waals surface area contributed by atoms with E-state index in [1.54, 1.807) is 0 Å². The molecule has 1 aliphatic rings. The third kappa shape index (κ3) is 4.45. The average Bonchev–Trinajstić information content (AvgIpc) is 2.68. The highest BCUT2D eigenvalue weighted by molar-refractivity contribution is 9.12. The molecule has 1 aliphatic heterocycles. The quantitative estimate of drug-likeness (QED) is 0.432. The molecule has 1 heterocycles. The van der Waals surface area contributed by atoms with Gasteiger partial charge >= 0.3 is 0 Å². The summed E-state index contributed by atoms with van der Waals surface area (Å²) in [5.74, 6) is 1.95. The Morgan fingerprint density at radius 2 is 1.19 bits per heavy atom. The highest BCUT2D eigenvalue weighted by Gasteiger charge is 2.26. The van der Waals surface area contributed by atoms with Crippen LogP contribution in [0.25, 0.3) is 0 Å². The zero-order chi connectivity index (χ0) is 18.5. The van der Waals surface area contributed by atoms with Crippen LogP contribution in [-0.2, 0) is 12.8 Å². The van der Waals surface area contributed by atoms with Crippen LogP contribution in [0, 0.1) is 0 Å². The predicted molar refractivity (Wildman–Crippen MR) is 115 cm³/mol. The number of fused-ring (bicyclic) bond motifs is 2. The number of hydrogen-bond acceptors (Lipinski definition) is 2. The summed E-state index contributed by atoms with van der Waals surface area (Å²) in [6.45, 7) is 5.80. The van der Waals surface area contributed by atoms with Crippen LogP contribution in [0.2, 0.25) is 0 Å². The van der Waals surface area contributed by atoms with Crippen molar-refractivity contribution in [2.24, 2.45) is 0 Å². The van der Waals surface area contributed by atoms with Crippen LogP contribution >= 0.6 is 31.9 Å². The molecule has 0 saturated carbocycles. The second-order valence-electron chi connectivity index (χ2n) is 6.66. The summed E-state index contributed by atoms with van der Waals surface area (Å²) in [7, 11) is 0. The van der Waals surface area contributed by atoms with Gasteiger partial charge in [-0.2, -0.15) is 0 Å². The van der Waals surface area contributed by atoms with Crippen LogP contribution in [0.4, 0.5) is 0 Å². The van der Waals surface area contributed by atoms with Gasteiger partial charge in [-0.3, -0.25) is 0 Å². The first-order valence-electron chi connectivity index (χ1n) is 9.43. The molecule has 2 unspecified atom stereocenters. The van der Waals surface area contributed by atoms with Gasteiger partial charge < -0.3 is 9.47 Å². The lowest BCUT2D eigenvalue weighted by Crippen LogP contribution is -2.10. The number of rotatable bonds is 2. The largest absolute Gasteiger partial charge is 0.493 e. The van der Waals surface area contributed by atoms with Gasteiger partial charge in [0, 0.05) is 11.1 Å². The van der Waals surface area contributed by atoms with E-state index in [4.69, 9.17) is 9.47 Å². The fraction of sp³-hybridized carbons (Fsp3) is 0.455. The number of benzene rings is 2. The molecule has 0 spiro atoms. The Morgan fingerprint density at radius 1 is 0.769 bits per heavy atom. The monoisotopic (exact) mass is 480 g/mol. The van der Waals surface area contributed by atoms with Gasteiger partial charge in [-0.15, -0.1) is 0 Å². The van der Waals surface area contributed by atoms with Crippen LogP contribution in [0.3, 0.4) is 0 Å². The van der Waals surface area contributed by atoms with E-state index in [2.05, 4.69) is 82.1 Å². The molecule has 0 fully saturated rings. The lowest BCUT2D eigenvalue weighted by atomic mass is 9.98. The first kappa shape index (κ1) is 19.8. The summed E-state index contributed by atoms with van der Waals surface area (Å²) in [4.78, 5) is 0.191. The van der Waals surface area contributed by atoms with Crippen LogP contribution in [0.5, 0.6) is 11.5 Å². The summed E-state index contributed by atoms with van der Waals surface area (Å²) < 4.78 is 12.2. The van der Waals surface area contributed by atoms with E-state index in [1.807, 2.05) is 0 Å². The molecule has 0 N–H and O–H groups in total. The molecule has 3 rings (SSSR count). The smallest absolute Gasteiger partial charge is 0.123 e. The van der Waals surface area contributed by atoms with Crippen molar-refractivity contribution in [3.63, 3.8) is 0 Å². The molecule has 2 aromatic carbocycles. The van der Waals surface area contributed by atoms with Gasteiger partial charge in [0.25, 0.3) is 0 Å². The molecule has 0 radical (unpaired) electrons. The maximum atomic E-state index is 6.11. The zero-order valence-electron chi connectivity index (χ0n) is 15.4. The molecular formula is C22H26Br2O2. The summed E-state index contributed by atoms with van der Waals surface area (Å²) in [5, 5.41) is 0. The highest BCUT2D eigenvalue weighted by atomic mass is 79.9. The Hall–Kier alpha value is -1.00. The summed E-state index contributed by atoms with van der Waals surface area (Å²) >= 11 is 7.88. The Morgan fingerprint density at radius 3 is 1.58 bits per heavy atom. The summed E-state index contributed by atoms with van der Waals surface area (Å²) in [5.41, 5.74) is 5.03. The van der Waals surface area contributed by atoms with Crippen molar-refractivity contribution in [2.45, 2.75) is 49.2 Å². The van der Waals surface area contributed by atoms with Gasteiger partial charge in [-0.25, -0.2) is 0 Å². The van der Waals surface area contributed by atoms with E-state index < -0.39 is 0 Å². The molecule has 0 saturated heterocycles. The first-order valence-corrected chi connectivity index (χ1v) is 11.3. The second kappa shape index (κ2) is 9.27. The van der Waals surface area contributed by atoms with Crippen molar-refractivity contribution < 1.29 is 9.47 Å². The number of hydrogen-bond donors (Lipinski definition) is 0. The number of halogens is 2. The van der Waals surface area contributed by atoms with Crippen molar-refractivity contribution in [1.82, 2.24) is 0 Å². The fourth-order valence-electron chi connectivity index (χ4n) is 3.21. The van der Waals surface area contributed by atoms with E-state index in [1.165, 1.54) is 22.3 Å². The lowest BCUT2D eigenvalue weighted by molar-refractivity contribution is 0.262. The van der Waals surface area contributed by atoms with Crippen molar-refractivity contribution >= 4 is 31.9 Å². The fourth-order valence-corrected chi connectivity index (χ4v) is 4.50. The minimum Gasteiger partial charge on any atom is -0.493 e. The molecule has 2 atom stereocenters. The Labute approximate surface area is 173 Å². The van der Waals surface area contributed by atoms with Gasteiger partial charge in [0.1, 0.15) is 11.5 Å². The second-order valence-corrected chi connectivity index (χ2v) is 8.63. The molecule has 2 nitrogen and oxygen atoms in total. The van der Waals surface area contributed by atoms with Crippen LogP contribution in [-0.4, -0.2) is 13.2 Å². The van der Waals surface area contributed by atoms with Crippen molar-refractivity contribution in [1.29, 1.82) is 0 Å². The van der Waals surface area contributed by atoms with Gasteiger partial charge in [0.2, 0.25) is 0 Å². The Balaban J connectivity index is 2.05. The minimum atomic E-state index is 0.0953. The van der Waals surface area contributed by atoms with Crippen molar-refractivity contribution in [3.05, 3.63) is 58.7 Å². The predicted octanol–water partition coefficient (Wildman–Crippen LogP) is 6.94. The molecule has 2 aromatic rings. The normalized spacial score (nSPS) is 20.6. The van der Waals surface area contributed by atoms with Gasteiger partial charge in [-0.05, 0) is 48.9 Å². The van der Waals surface area contributed by atoms with Crippen molar-refractivity contribution in [3.8, 4) is 11.5 Å². The lowest BCUT2D eigenvalue weighted by Gasteiger charge is -2.24. The standard InChI is InChI=1S/C22H26Br2O2/c1-3-15-7-9-19-17(13-15)21(23)22(24)18-14-16(4-2)8-10-20(18)26-12-6-5-11-25-19/h7-10,13-14,21-22H,3-6,11-12H2,1-2H3. The molecular weight excluding hydrogens is 456 g/mol. The van der Waals surface area contributed by atoms with E-state index in [0.717, 1.165) is 50.4 Å². The topological polar surface area (TPSA) is 18.5 Å². The number of alkyl halides is 2. The molecule has 0 aliphatic carbocycles. The van der Waals surface area contributed by atoms with E-state index in [9.17, 15) is 0 Å². The maximum absolute atomic E-state index is 6.11. The summed E-state index contributed by atoms with van der Waals surface area (Å²) in [6.07, 6.45) is 4.00. The number of ether oxygens (including phenoxy) is 2. The summed E-state index contributed by atoms with van der Waals surface area (Å²) in [6, 6.07) is 13.1. The van der Waals surface area contributed by atoms with E-state index in [-0.39, 0.29) is 9.65 Å². The minimum absolute atomic E-state index is 0.0953. The molecule has 0 aromatic heterocycles. The maximum Gasteiger partial charge on any atom is 0.123 e. The van der Waals surface area contributed by atoms with Gasteiger partial charge in [0.15, 0.2) is 0 Å². The third-order valence-corrected chi connectivity index (χ3v) is 7.62. The van der Waals surface area contributed by atoms with Gasteiger partial charge in [0.05, 0.1) is 22.9 Å². The Kier molecular flexibility index (Phi) is 7.05. The SMILES string of the molecule is CCc1ccc2c(c1)C(Br)C(Br)c1cc(CC)ccc1OCCCCO2. The molecule has 0 amide bonds. The Bertz CT molecular complexity index is 681. The highest BCUT2D eigenvalue weighted by Crippen LogP contribution is 2.48. The zero-order valence-corrected chi connectivity index (χ0v) is 18.6. The van der Waals surface area contributed by atoms with E-state index in [0.29, 0.717) is 0 Å². The molecule has 0 bridgehead atoms. The van der Waals surface area contributed by atoms with Crippen LogP contribution in [0.15, 0.2) is 36.4 Å². The average molecular weight is 482 g/mol. The first-order chi connectivity index (χ1) is 12.6. The molecule has 26 heavy (non-hydrogen) atoms. The van der Waals surface area contributed by atoms with Crippen LogP contribution in [0.1, 0.15) is 58.6 Å². The molecule has 140 valence electrons. The third-order valence-electron chi connectivity index (χ3n) is 4.87. The number of aryl methyl sites for hydroxylation is 2. The van der Waals surface area contributed by atoms with E-state index >= 15 is 0 Å². The van der Waals surface area contributed by atoms with Gasteiger partial charge in [-0.1, -0.05) is 70.0 Å². The molecule has 4 heteroatoms.